The monoisotopic (exact) mass is 263 g/mol. The minimum absolute atomic E-state index is 0.124. The van der Waals surface area contributed by atoms with E-state index in [4.69, 9.17) is 17.3 Å². The summed E-state index contributed by atoms with van der Waals surface area (Å²) in [5.41, 5.74) is 6.64. The number of nitro benzene ring substituents is 1. The molecule has 5 nitrogen and oxygen atoms in total. The van der Waals surface area contributed by atoms with Crippen molar-refractivity contribution in [1.29, 1.82) is 0 Å². The Hall–Kier alpha value is -2.27. The molecule has 0 radical (unpaired) electrons. The minimum atomic E-state index is -0.506. The number of halogens is 1. The SMILES string of the molecule is Nc1cccc(Nc2ccc(Cl)cc2)c1[N+](=O)[O-]. The summed E-state index contributed by atoms with van der Waals surface area (Å²) in [7, 11) is 0. The Morgan fingerprint density at radius 2 is 1.83 bits per heavy atom. The maximum atomic E-state index is 11.0. The van der Waals surface area contributed by atoms with Crippen molar-refractivity contribution in [3.05, 3.63) is 57.6 Å². The minimum Gasteiger partial charge on any atom is -0.393 e. The predicted molar refractivity (Wildman–Crippen MR) is 72.2 cm³/mol. The molecule has 0 saturated carbocycles. The first-order valence-corrected chi connectivity index (χ1v) is 5.51. The fourth-order valence-corrected chi connectivity index (χ4v) is 1.68. The molecule has 0 aromatic heterocycles. The lowest BCUT2D eigenvalue weighted by molar-refractivity contribution is -0.383. The topological polar surface area (TPSA) is 81.2 Å². The Morgan fingerprint density at radius 1 is 1.17 bits per heavy atom. The van der Waals surface area contributed by atoms with Gasteiger partial charge in [0.25, 0.3) is 0 Å². The van der Waals surface area contributed by atoms with E-state index in [9.17, 15) is 10.1 Å². The lowest BCUT2D eigenvalue weighted by Crippen LogP contribution is -2.00. The molecule has 6 heteroatoms. The van der Waals surface area contributed by atoms with E-state index in [0.717, 1.165) is 0 Å². The third kappa shape index (κ3) is 2.52. The standard InChI is InChI=1S/C12H10ClN3O2/c13-8-4-6-9(7-5-8)15-11-3-1-2-10(14)12(11)16(17)18/h1-7,15H,14H2. The highest BCUT2D eigenvalue weighted by molar-refractivity contribution is 6.30. The van der Waals surface area contributed by atoms with Gasteiger partial charge in [-0.05, 0) is 36.4 Å². The second-order valence-corrected chi connectivity index (χ2v) is 4.07. The van der Waals surface area contributed by atoms with Crippen molar-refractivity contribution in [2.24, 2.45) is 0 Å². The molecule has 0 saturated heterocycles. The molecule has 0 bridgehead atoms. The van der Waals surface area contributed by atoms with Gasteiger partial charge in [0.1, 0.15) is 11.4 Å². The first-order chi connectivity index (χ1) is 8.58. The zero-order valence-corrected chi connectivity index (χ0v) is 10.0. The van der Waals surface area contributed by atoms with Crippen LogP contribution in [0.15, 0.2) is 42.5 Å². The Bertz CT molecular complexity index is 584. The van der Waals surface area contributed by atoms with Crippen molar-refractivity contribution in [3.63, 3.8) is 0 Å². The summed E-state index contributed by atoms with van der Waals surface area (Å²) >= 11 is 5.77. The molecule has 0 fully saturated rings. The summed E-state index contributed by atoms with van der Waals surface area (Å²) in [6.45, 7) is 0. The number of para-hydroxylation sites is 1. The number of nitrogen functional groups attached to an aromatic ring is 1. The van der Waals surface area contributed by atoms with Gasteiger partial charge in [0, 0.05) is 10.7 Å². The van der Waals surface area contributed by atoms with E-state index < -0.39 is 4.92 Å². The van der Waals surface area contributed by atoms with E-state index in [1.54, 1.807) is 36.4 Å². The third-order valence-corrected chi connectivity index (χ3v) is 2.63. The normalized spacial score (nSPS) is 10.1. The molecule has 0 aliphatic heterocycles. The van der Waals surface area contributed by atoms with Gasteiger partial charge in [-0.25, -0.2) is 0 Å². The molecular weight excluding hydrogens is 254 g/mol. The van der Waals surface area contributed by atoms with Crippen molar-refractivity contribution >= 4 is 34.4 Å². The van der Waals surface area contributed by atoms with Crippen LogP contribution in [0.2, 0.25) is 5.02 Å². The van der Waals surface area contributed by atoms with Gasteiger partial charge in [0.15, 0.2) is 0 Å². The molecule has 0 aliphatic carbocycles. The van der Waals surface area contributed by atoms with E-state index in [2.05, 4.69) is 5.32 Å². The molecule has 0 aliphatic rings. The lowest BCUT2D eigenvalue weighted by atomic mass is 10.2. The van der Waals surface area contributed by atoms with Gasteiger partial charge < -0.3 is 11.1 Å². The number of nitrogens with one attached hydrogen (secondary N) is 1. The Kier molecular flexibility index (Phi) is 3.34. The molecule has 0 spiro atoms. The fraction of sp³-hybridized carbons (Fsp3) is 0. The van der Waals surface area contributed by atoms with Crippen molar-refractivity contribution in [3.8, 4) is 0 Å². The second kappa shape index (κ2) is 4.93. The van der Waals surface area contributed by atoms with E-state index in [0.29, 0.717) is 16.4 Å². The van der Waals surface area contributed by atoms with Gasteiger partial charge in [-0.15, -0.1) is 0 Å². The fourth-order valence-electron chi connectivity index (χ4n) is 1.55. The van der Waals surface area contributed by atoms with Crippen LogP contribution in [0.25, 0.3) is 0 Å². The van der Waals surface area contributed by atoms with Gasteiger partial charge in [-0.1, -0.05) is 17.7 Å². The summed E-state index contributed by atoms with van der Waals surface area (Å²) in [6.07, 6.45) is 0. The highest BCUT2D eigenvalue weighted by Gasteiger charge is 2.17. The first-order valence-electron chi connectivity index (χ1n) is 5.13. The summed E-state index contributed by atoms with van der Waals surface area (Å²) in [4.78, 5) is 10.4. The van der Waals surface area contributed by atoms with Gasteiger partial charge in [0.2, 0.25) is 0 Å². The Labute approximate surface area is 108 Å². The molecule has 2 aromatic carbocycles. The van der Waals surface area contributed by atoms with Crippen molar-refractivity contribution in [2.45, 2.75) is 0 Å². The summed E-state index contributed by atoms with van der Waals surface area (Å²) in [5.74, 6) is 0. The van der Waals surface area contributed by atoms with Crippen LogP contribution in [0.5, 0.6) is 0 Å². The molecule has 18 heavy (non-hydrogen) atoms. The number of anilines is 3. The highest BCUT2D eigenvalue weighted by Crippen LogP contribution is 2.32. The number of benzene rings is 2. The lowest BCUT2D eigenvalue weighted by Gasteiger charge is -2.08. The molecular formula is C12H10ClN3O2. The number of hydrogen-bond donors (Lipinski definition) is 2. The summed E-state index contributed by atoms with van der Waals surface area (Å²) in [5, 5.41) is 14.5. The van der Waals surface area contributed by atoms with Gasteiger partial charge >= 0.3 is 5.69 Å². The van der Waals surface area contributed by atoms with Gasteiger partial charge in [-0.2, -0.15) is 0 Å². The Balaban J connectivity index is 2.37. The average Bonchev–Trinajstić information content (AvgIpc) is 2.32. The molecule has 92 valence electrons. The Morgan fingerprint density at radius 3 is 2.44 bits per heavy atom. The van der Waals surface area contributed by atoms with E-state index >= 15 is 0 Å². The first kappa shape index (κ1) is 12.2. The van der Waals surface area contributed by atoms with Crippen LogP contribution >= 0.6 is 11.6 Å². The molecule has 0 unspecified atom stereocenters. The van der Waals surface area contributed by atoms with Gasteiger partial charge in [-0.3, -0.25) is 10.1 Å². The zero-order chi connectivity index (χ0) is 13.1. The summed E-state index contributed by atoms with van der Waals surface area (Å²) < 4.78 is 0. The molecule has 3 N–H and O–H groups in total. The molecule has 0 atom stereocenters. The van der Waals surface area contributed by atoms with Crippen LogP contribution in [0.3, 0.4) is 0 Å². The number of rotatable bonds is 3. The number of nitrogens with two attached hydrogens (primary N) is 1. The van der Waals surface area contributed by atoms with Crippen LogP contribution in [0.1, 0.15) is 0 Å². The van der Waals surface area contributed by atoms with E-state index in [1.807, 2.05) is 0 Å². The number of nitrogens with zero attached hydrogens (tertiary/aromatic N) is 1. The van der Waals surface area contributed by atoms with Crippen molar-refractivity contribution in [1.82, 2.24) is 0 Å². The van der Waals surface area contributed by atoms with Gasteiger partial charge in [0.05, 0.1) is 4.92 Å². The maximum absolute atomic E-state index is 11.0. The predicted octanol–water partition coefficient (Wildman–Crippen LogP) is 3.57. The third-order valence-electron chi connectivity index (χ3n) is 2.37. The van der Waals surface area contributed by atoms with E-state index in [1.165, 1.54) is 6.07 Å². The van der Waals surface area contributed by atoms with Crippen LogP contribution in [-0.2, 0) is 0 Å². The quantitative estimate of drug-likeness (QED) is 0.504. The van der Waals surface area contributed by atoms with Crippen LogP contribution < -0.4 is 11.1 Å². The molecule has 2 aromatic rings. The largest absolute Gasteiger partial charge is 0.393 e. The van der Waals surface area contributed by atoms with Crippen LogP contribution in [0, 0.1) is 10.1 Å². The van der Waals surface area contributed by atoms with Crippen molar-refractivity contribution in [2.75, 3.05) is 11.1 Å². The zero-order valence-electron chi connectivity index (χ0n) is 9.26. The van der Waals surface area contributed by atoms with E-state index in [-0.39, 0.29) is 11.4 Å². The smallest absolute Gasteiger partial charge is 0.315 e. The molecule has 0 amide bonds. The maximum Gasteiger partial charge on any atom is 0.315 e. The van der Waals surface area contributed by atoms with Crippen LogP contribution in [0.4, 0.5) is 22.7 Å². The van der Waals surface area contributed by atoms with Crippen LogP contribution in [-0.4, -0.2) is 4.92 Å². The number of nitro groups is 1. The average molecular weight is 264 g/mol. The van der Waals surface area contributed by atoms with Crippen molar-refractivity contribution < 1.29 is 4.92 Å². The second-order valence-electron chi connectivity index (χ2n) is 3.63. The molecule has 0 heterocycles. The summed E-state index contributed by atoms with van der Waals surface area (Å²) in [6, 6.07) is 11.6. The number of hydrogen-bond acceptors (Lipinski definition) is 4. The molecule has 2 rings (SSSR count). The highest BCUT2D eigenvalue weighted by atomic mass is 35.5.